The minimum absolute atomic E-state index is 0.0268. The zero-order valence-corrected chi connectivity index (χ0v) is 17.4. The van der Waals surface area contributed by atoms with Crippen molar-refractivity contribution in [3.63, 3.8) is 0 Å². The standard InChI is InChI=1S/C25H29NO3/c1-4-7-20-11-13-23(14-12-20)29-18-25(27)26(19(2)3)17-21-8-5-9-22(16-21)24-10-6-15-28-24/h5-6,8-16,19H,4,7,17-18H2,1-3H3. The largest absolute Gasteiger partial charge is 0.484 e. The van der Waals surface area contributed by atoms with Gasteiger partial charge in [0.25, 0.3) is 5.91 Å². The fourth-order valence-electron chi connectivity index (χ4n) is 3.29. The lowest BCUT2D eigenvalue weighted by molar-refractivity contribution is -0.135. The van der Waals surface area contributed by atoms with Gasteiger partial charge >= 0.3 is 0 Å². The fraction of sp³-hybridized carbons (Fsp3) is 0.320. The van der Waals surface area contributed by atoms with E-state index in [1.54, 1.807) is 6.26 Å². The smallest absolute Gasteiger partial charge is 0.261 e. The van der Waals surface area contributed by atoms with Crippen LogP contribution in [0.15, 0.2) is 71.3 Å². The Hall–Kier alpha value is -3.01. The zero-order valence-electron chi connectivity index (χ0n) is 17.4. The van der Waals surface area contributed by atoms with Crippen molar-refractivity contribution in [2.24, 2.45) is 0 Å². The molecule has 0 aliphatic carbocycles. The number of carbonyl (C=O) groups excluding carboxylic acids is 1. The fourth-order valence-corrected chi connectivity index (χ4v) is 3.29. The number of furan rings is 1. The molecule has 3 aromatic rings. The van der Waals surface area contributed by atoms with E-state index in [0.717, 1.165) is 35.5 Å². The lowest BCUT2D eigenvalue weighted by atomic mass is 10.1. The summed E-state index contributed by atoms with van der Waals surface area (Å²) in [4.78, 5) is 14.7. The van der Waals surface area contributed by atoms with Gasteiger partial charge in [-0.3, -0.25) is 4.79 Å². The summed E-state index contributed by atoms with van der Waals surface area (Å²) in [6.45, 7) is 6.77. The molecule has 2 aromatic carbocycles. The van der Waals surface area contributed by atoms with Gasteiger partial charge in [-0.25, -0.2) is 0 Å². The first kappa shape index (κ1) is 20.7. The highest BCUT2D eigenvalue weighted by Gasteiger charge is 2.18. The molecule has 152 valence electrons. The Morgan fingerprint density at radius 3 is 2.48 bits per heavy atom. The molecule has 0 radical (unpaired) electrons. The Balaban J connectivity index is 1.63. The highest BCUT2D eigenvalue weighted by Crippen LogP contribution is 2.22. The van der Waals surface area contributed by atoms with Crippen molar-refractivity contribution in [1.82, 2.24) is 4.90 Å². The second kappa shape index (κ2) is 9.97. The van der Waals surface area contributed by atoms with Gasteiger partial charge in [-0.05, 0) is 61.7 Å². The number of benzene rings is 2. The monoisotopic (exact) mass is 391 g/mol. The molecule has 0 N–H and O–H groups in total. The average molecular weight is 392 g/mol. The van der Waals surface area contributed by atoms with Crippen molar-refractivity contribution in [2.45, 2.75) is 46.2 Å². The van der Waals surface area contributed by atoms with Crippen LogP contribution in [0.5, 0.6) is 5.75 Å². The second-order valence-electron chi connectivity index (χ2n) is 7.48. The summed E-state index contributed by atoms with van der Waals surface area (Å²) in [5, 5.41) is 0. The van der Waals surface area contributed by atoms with Crippen LogP contribution in [0.4, 0.5) is 0 Å². The highest BCUT2D eigenvalue weighted by molar-refractivity contribution is 5.78. The molecule has 4 nitrogen and oxygen atoms in total. The summed E-state index contributed by atoms with van der Waals surface area (Å²) in [5.74, 6) is 1.52. The number of hydrogen-bond donors (Lipinski definition) is 0. The van der Waals surface area contributed by atoms with Crippen molar-refractivity contribution < 1.29 is 13.9 Å². The second-order valence-corrected chi connectivity index (χ2v) is 7.48. The third-order valence-corrected chi connectivity index (χ3v) is 4.85. The van der Waals surface area contributed by atoms with Crippen LogP contribution < -0.4 is 4.74 Å². The molecule has 1 aromatic heterocycles. The molecule has 0 unspecified atom stereocenters. The summed E-state index contributed by atoms with van der Waals surface area (Å²) in [6, 6.07) is 20.0. The first-order valence-corrected chi connectivity index (χ1v) is 10.2. The van der Waals surface area contributed by atoms with Crippen molar-refractivity contribution in [3.8, 4) is 17.1 Å². The lowest BCUT2D eigenvalue weighted by Crippen LogP contribution is -2.39. The molecule has 3 rings (SSSR count). The van der Waals surface area contributed by atoms with Gasteiger partial charge in [0, 0.05) is 18.2 Å². The van der Waals surface area contributed by atoms with Crippen LogP contribution in [-0.4, -0.2) is 23.5 Å². The van der Waals surface area contributed by atoms with Crippen LogP contribution in [0.3, 0.4) is 0 Å². The van der Waals surface area contributed by atoms with E-state index >= 15 is 0 Å². The number of carbonyl (C=O) groups is 1. The summed E-state index contributed by atoms with van der Waals surface area (Å²) in [5.41, 5.74) is 3.35. The van der Waals surface area contributed by atoms with Crippen LogP contribution in [0, 0.1) is 0 Å². The van der Waals surface area contributed by atoms with E-state index in [-0.39, 0.29) is 18.6 Å². The van der Waals surface area contributed by atoms with Crippen molar-refractivity contribution in [2.75, 3.05) is 6.61 Å². The summed E-state index contributed by atoms with van der Waals surface area (Å²) < 4.78 is 11.2. The first-order chi connectivity index (χ1) is 14.1. The van der Waals surface area contributed by atoms with Gasteiger partial charge < -0.3 is 14.1 Å². The molecule has 4 heteroatoms. The Morgan fingerprint density at radius 2 is 1.83 bits per heavy atom. The molecule has 0 atom stereocenters. The minimum Gasteiger partial charge on any atom is -0.484 e. The van der Waals surface area contributed by atoms with Gasteiger partial charge in [0.15, 0.2) is 6.61 Å². The molecule has 0 aliphatic heterocycles. The number of rotatable bonds is 9. The van der Waals surface area contributed by atoms with Gasteiger partial charge in [0.1, 0.15) is 11.5 Å². The quantitative estimate of drug-likeness (QED) is 0.469. The van der Waals surface area contributed by atoms with Crippen molar-refractivity contribution in [1.29, 1.82) is 0 Å². The van der Waals surface area contributed by atoms with E-state index in [9.17, 15) is 4.79 Å². The normalized spacial score (nSPS) is 10.9. The van der Waals surface area contributed by atoms with Crippen molar-refractivity contribution in [3.05, 3.63) is 78.1 Å². The summed E-state index contributed by atoms with van der Waals surface area (Å²) in [7, 11) is 0. The Bertz CT molecular complexity index is 898. The summed E-state index contributed by atoms with van der Waals surface area (Å²) in [6.07, 6.45) is 3.83. The predicted octanol–water partition coefficient (Wildman–Crippen LogP) is 5.72. The van der Waals surface area contributed by atoms with Gasteiger partial charge in [-0.15, -0.1) is 0 Å². The molecular weight excluding hydrogens is 362 g/mol. The molecular formula is C25H29NO3. The van der Waals surface area contributed by atoms with Crippen LogP contribution in [0.25, 0.3) is 11.3 Å². The molecule has 0 bridgehead atoms. The Morgan fingerprint density at radius 1 is 1.03 bits per heavy atom. The van der Waals surface area contributed by atoms with Gasteiger partial charge in [-0.2, -0.15) is 0 Å². The molecule has 0 saturated carbocycles. The molecule has 0 fully saturated rings. The van der Waals surface area contributed by atoms with E-state index in [2.05, 4.69) is 25.1 Å². The maximum absolute atomic E-state index is 12.8. The van der Waals surface area contributed by atoms with E-state index in [4.69, 9.17) is 9.15 Å². The van der Waals surface area contributed by atoms with Gasteiger partial charge in [-0.1, -0.05) is 43.7 Å². The van der Waals surface area contributed by atoms with Crippen LogP contribution in [-0.2, 0) is 17.8 Å². The average Bonchev–Trinajstić information content (AvgIpc) is 3.26. The Labute approximate surface area is 173 Å². The number of nitrogens with zero attached hydrogens (tertiary/aromatic N) is 1. The number of hydrogen-bond acceptors (Lipinski definition) is 3. The van der Waals surface area contributed by atoms with E-state index in [1.165, 1.54) is 5.56 Å². The predicted molar refractivity (Wildman–Crippen MR) is 116 cm³/mol. The third kappa shape index (κ3) is 5.74. The topological polar surface area (TPSA) is 42.7 Å². The number of ether oxygens (including phenoxy) is 1. The zero-order chi connectivity index (χ0) is 20.6. The Kier molecular flexibility index (Phi) is 7.12. The SMILES string of the molecule is CCCc1ccc(OCC(=O)N(Cc2cccc(-c3ccco3)c2)C(C)C)cc1. The van der Waals surface area contributed by atoms with E-state index < -0.39 is 0 Å². The molecule has 29 heavy (non-hydrogen) atoms. The van der Waals surface area contributed by atoms with Gasteiger partial charge in [0.05, 0.1) is 6.26 Å². The number of aryl methyl sites for hydroxylation is 1. The molecule has 0 spiro atoms. The lowest BCUT2D eigenvalue weighted by Gasteiger charge is -2.27. The van der Waals surface area contributed by atoms with E-state index in [0.29, 0.717) is 6.54 Å². The molecule has 1 amide bonds. The molecule has 0 saturated heterocycles. The first-order valence-electron chi connectivity index (χ1n) is 10.2. The highest BCUT2D eigenvalue weighted by atomic mass is 16.5. The maximum atomic E-state index is 12.8. The molecule has 1 heterocycles. The van der Waals surface area contributed by atoms with Gasteiger partial charge in [0.2, 0.25) is 0 Å². The van der Waals surface area contributed by atoms with E-state index in [1.807, 2.05) is 61.2 Å². The van der Waals surface area contributed by atoms with Crippen LogP contribution in [0.1, 0.15) is 38.3 Å². The number of amides is 1. The van der Waals surface area contributed by atoms with Crippen LogP contribution in [0.2, 0.25) is 0 Å². The maximum Gasteiger partial charge on any atom is 0.261 e. The molecule has 0 aliphatic rings. The van der Waals surface area contributed by atoms with Crippen molar-refractivity contribution >= 4 is 5.91 Å². The van der Waals surface area contributed by atoms with Crippen LogP contribution >= 0.6 is 0 Å². The summed E-state index contributed by atoms with van der Waals surface area (Å²) >= 11 is 0. The third-order valence-electron chi connectivity index (χ3n) is 4.85. The minimum atomic E-state index is -0.0268.